The zero-order valence-corrected chi connectivity index (χ0v) is 12.3. The van der Waals surface area contributed by atoms with Gasteiger partial charge in [0.2, 0.25) is 0 Å². The molecule has 0 bridgehead atoms. The first-order valence-corrected chi connectivity index (χ1v) is 8.16. The lowest BCUT2D eigenvalue weighted by Crippen LogP contribution is -2.48. The summed E-state index contributed by atoms with van der Waals surface area (Å²) in [7, 11) is 0. The van der Waals surface area contributed by atoms with Crippen molar-refractivity contribution >= 4 is 11.8 Å². The van der Waals surface area contributed by atoms with E-state index in [-0.39, 0.29) is 5.41 Å². The molecule has 0 aromatic heterocycles. The van der Waals surface area contributed by atoms with Crippen molar-refractivity contribution in [2.75, 3.05) is 18.1 Å². The quantitative estimate of drug-likeness (QED) is 0.821. The first-order valence-electron chi connectivity index (χ1n) is 7.01. The largest absolute Gasteiger partial charge is 0.378 e. The van der Waals surface area contributed by atoms with Crippen LogP contribution in [0.1, 0.15) is 46.5 Å². The zero-order chi connectivity index (χ0) is 12.3. The number of rotatable bonds is 2. The summed E-state index contributed by atoms with van der Waals surface area (Å²) in [4.78, 5) is 0. The van der Waals surface area contributed by atoms with Crippen molar-refractivity contribution in [1.29, 1.82) is 0 Å². The Balaban J connectivity index is 1.80. The van der Waals surface area contributed by atoms with Gasteiger partial charge in [-0.25, -0.2) is 0 Å². The lowest BCUT2D eigenvalue weighted by molar-refractivity contribution is -0.0593. The Morgan fingerprint density at radius 1 is 1.06 bits per heavy atom. The number of hydrogen-bond donors (Lipinski definition) is 1. The van der Waals surface area contributed by atoms with Crippen molar-refractivity contribution in [3.63, 3.8) is 0 Å². The van der Waals surface area contributed by atoms with Crippen LogP contribution in [0.25, 0.3) is 0 Å². The third-order valence-electron chi connectivity index (χ3n) is 3.94. The zero-order valence-electron chi connectivity index (χ0n) is 11.5. The molecule has 3 heteroatoms. The van der Waals surface area contributed by atoms with E-state index in [1.807, 2.05) is 0 Å². The maximum Gasteiger partial charge on any atom is 0.0638 e. The highest BCUT2D eigenvalue weighted by molar-refractivity contribution is 7.99. The summed E-state index contributed by atoms with van der Waals surface area (Å²) in [5, 5.41) is 3.87. The van der Waals surface area contributed by atoms with Crippen molar-refractivity contribution < 1.29 is 4.74 Å². The van der Waals surface area contributed by atoms with Gasteiger partial charge in [0.1, 0.15) is 0 Å². The average molecular weight is 257 g/mol. The van der Waals surface area contributed by atoms with Gasteiger partial charge < -0.3 is 10.1 Å². The van der Waals surface area contributed by atoms with Gasteiger partial charge in [-0.15, -0.1) is 0 Å². The van der Waals surface area contributed by atoms with Crippen LogP contribution in [0.2, 0.25) is 0 Å². The van der Waals surface area contributed by atoms with E-state index in [2.05, 4.69) is 37.8 Å². The summed E-state index contributed by atoms with van der Waals surface area (Å²) < 4.78 is 5.92. The molecule has 0 amide bonds. The van der Waals surface area contributed by atoms with Gasteiger partial charge >= 0.3 is 0 Å². The fourth-order valence-electron chi connectivity index (χ4n) is 2.75. The number of hydrogen-bond acceptors (Lipinski definition) is 3. The number of nitrogens with one attached hydrogen (secondary N) is 1. The van der Waals surface area contributed by atoms with Gasteiger partial charge in [-0.2, -0.15) is 11.8 Å². The minimum absolute atomic E-state index is 0.281. The molecule has 2 aliphatic heterocycles. The third-order valence-corrected chi connectivity index (χ3v) is 4.99. The molecular formula is C14H27NOS. The standard InChI is InChI=1S/C14H27NOS/c1-14(2,3)13-10-12(4-7-16-13)15-11-5-8-17-9-6-11/h11-13,15H,4-10H2,1-3H3/t12-,13-/m0/s1. The minimum atomic E-state index is 0.281. The summed E-state index contributed by atoms with van der Waals surface area (Å²) in [6, 6.07) is 1.45. The van der Waals surface area contributed by atoms with Crippen LogP contribution in [0, 0.1) is 5.41 Å². The normalized spacial score (nSPS) is 32.6. The Morgan fingerprint density at radius 3 is 2.41 bits per heavy atom. The van der Waals surface area contributed by atoms with E-state index in [1.165, 1.54) is 37.2 Å². The molecule has 0 spiro atoms. The Hall–Kier alpha value is 0.270. The Labute approximate surface area is 110 Å². The number of ether oxygens (including phenoxy) is 1. The van der Waals surface area contributed by atoms with Gasteiger partial charge in [-0.05, 0) is 42.6 Å². The van der Waals surface area contributed by atoms with Gasteiger partial charge in [0.25, 0.3) is 0 Å². The topological polar surface area (TPSA) is 21.3 Å². The van der Waals surface area contributed by atoms with Crippen LogP contribution >= 0.6 is 11.8 Å². The average Bonchev–Trinajstić information content (AvgIpc) is 2.29. The molecule has 2 aliphatic rings. The van der Waals surface area contributed by atoms with Gasteiger partial charge in [0.15, 0.2) is 0 Å². The molecule has 17 heavy (non-hydrogen) atoms. The monoisotopic (exact) mass is 257 g/mol. The molecule has 2 heterocycles. The second-order valence-electron chi connectivity index (χ2n) is 6.50. The highest BCUT2D eigenvalue weighted by Crippen LogP contribution is 2.30. The van der Waals surface area contributed by atoms with Gasteiger partial charge in [-0.3, -0.25) is 0 Å². The van der Waals surface area contributed by atoms with Crippen LogP contribution in [0.3, 0.4) is 0 Å². The van der Waals surface area contributed by atoms with E-state index in [0.29, 0.717) is 12.1 Å². The molecule has 2 saturated heterocycles. The first kappa shape index (κ1) is 13.7. The molecule has 100 valence electrons. The van der Waals surface area contributed by atoms with Gasteiger partial charge in [-0.1, -0.05) is 20.8 Å². The van der Waals surface area contributed by atoms with E-state index in [4.69, 9.17) is 4.74 Å². The molecule has 0 aromatic carbocycles. The van der Waals surface area contributed by atoms with Crippen molar-refractivity contribution in [3.8, 4) is 0 Å². The summed E-state index contributed by atoms with van der Waals surface area (Å²) in [6.45, 7) is 7.80. The Kier molecular flexibility index (Phi) is 4.79. The molecule has 0 aliphatic carbocycles. The summed E-state index contributed by atoms with van der Waals surface area (Å²) in [6.07, 6.45) is 5.50. The highest BCUT2D eigenvalue weighted by Gasteiger charge is 2.32. The smallest absolute Gasteiger partial charge is 0.0638 e. The molecule has 0 unspecified atom stereocenters. The second kappa shape index (κ2) is 5.94. The summed E-state index contributed by atoms with van der Waals surface area (Å²) in [5.41, 5.74) is 0.281. The van der Waals surface area contributed by atoms with E-state index < -0.39 is 0 Å². The first-order chi connectivity index (χ1) is 8.05. The third kappa shape index (κ3) is 4.15. The van der Waals surface area contributed by atoms with Crippen LogP contribution in [0.5, 0.6) is 0 Å². The van der Waals surface area contributed by atoms with Crippen molar-refractivity contribution in [2.24, 2.45) is 5.41 Å². The SMILES string of the molecule is CC(C)(C)[C@@H]1C[C@@H](NC2CCSCC2)CCO1. The Bertz CT molecular complexity index is 233. The van der Waals surface area contributed by atoms with E-state index in [9.17, 15) is 0 Å². The highest BCUT2D eigenvalue weighted by atomic mass is 32.2. The minimum Gasteiger partial charge on any atom is -0.378 e. The van der Waals surface area contributed by atoms with Crippen LogP contribution in [-0.2, 0) is 4.74 Å². The maximum absolute atomic E-state index is 5.92. The van der Waals surface area contributed by atoms with Crippen LogP contribution in [0.4, 0.5) is 0 Å². The molecule has 0 saturated carbocycles. The van der Waals surface area contributed by atoms with E-state index in [1.54, 1.807) is 0 Å². The fourth-order valence-corrected chi connectivity index (χ4v) is 3.86. The molecule has 2 fully saturated rings. The fraction of sp³-hybridized carbons (Fsp3) is 1.00. The van der Waals surface area contributed by atoms with Crippen molar-refractivity contribution in [3.05, 3.63) is 0 Å². The molecule has 2 atom stereocenters. The molecule has 0 radical (unpaired) electrons. The van der Waals surface area contributed by atoms with E-state index in [0.717, 1.165) is 12.6 Å². The molecule has 2 nitrogen and oxygen atoms in total. The van der Waals surface area contributed by atoms with Gasteiger partial charge in [0.05, 0.1) is 6.10 Å². The molecular weight excluding hydrogens is 230 g/mol. The molecule has 2 rings (SSSR count). The summed E-state index contributed by atoms with van der Waals surface area (Å²) >= 11 is 2.10. The predicted molar refractivity (Wildman–Crippen MR) is 75.7 cm³/mol. The maximum atomic E-state index is 5.92. The van der Waals surface area contributed by atoms with Crippen LogP contribution < -0.4 is 5.32 Å². The van der Waals surface area contributed by atoms with E-state index >= 15 is 0 Å². The molecule has 1 N–H and O–H groups in total. The predicted octanol–water partition coefficient (Wildman–Crippen LogP) is 3.07. The number of thioether (sulfide) groups is 1. The second-order valence-corrected chi connectivity index (χ2v) is 7.72. The summed E-state index contributed by atoms with van der Waals surface area (Å²) in [5.74, 6) is 2.67. The van der Waals surface area contributed by atoms with Crippen molar-refractivity contribution in [1.82, 2.24) is 5.32 Å². The van der Waals surface area contributed by atoms with Crippen LogP contribution in [-0.4, -0.2) is 36.3 Å². The van der Waals surface area contributed by atoms with Crippen LogP contribution in [0.15, 0.2) is 0 Å². The Morgan fingerprint density at radius 2 is 1.76 bits per heavy atom. The molecule has 0 aromatic rings. The van der Waals surface area contributed by atoms with Gasteiger partial charge in [0, 0.05) is 18.7 Å². The van der Waals surface area contributed by atoms with Crippen molar-refractivity contribution in [2.45, 2.75) is 64.6 Å². The lowest BCUT2D eigenvalue weighted by Gasteiger charge is -2.39. The lowest BCUT2D eigenvalue weighted by atomic mass is 9.83.